The highest BCUT2D eigenvalue weighted by molar-refractivity contribution is 4.79. The van der Waals surface area contributed by atoms with Gasteiger partial charge in [-0.1, -0.05) is 6.42 Å². The van der Waals surface area contributed by atoms with E-state index >= 15 is 0 Å². The molecule has 2 rings (SSSR count). The quantitative estimate of drug-likeness (QED) is 0.701. The van der Waals surface area contributed by atoms with Crippen molar-refractivity contribution in [3.63, 3.8) is 0 Å². The molecule has 1 saturated heterocycles. The van der Waals surface area contributed by atoms with Gasteiger partial charge in [-0.25, -0.2) is 9.48 Å². The molecule has 0 saturated carbocycles. The summed E-state index contributed by atoms with van der Waals surface area (Å²) in [6, 6.07) is 0.407. The van der Waals surface area contributed by atoms with Crippen molar-refractivity contribution < 1.29 is 0 Å². The molecular weight excluding hydrogens is 180 g/mol. The number of aromatic nitrogens is 3. The molecule has 0 radical (unpaired) electrons. The minimum absolute atomic E-state index is 0.102. The molecule has 1 aromatic heterocycles. The van der Waals surface area contributed by atoms with E-state index in [-0.39, 0.29) is 5.69 Å². The van der Waals surface area contributed by atoms with Gasteiger partial charge in [0.15, 0.2) is 0 Å². The number of aromatic amines is 1. The Bertz CT molecular complexity index is 348. The van der Waals surface area contributed by atoms with Gasteiger partial charge < -0.3 is 5.32 Å². The Kier molecular flexibility index (Phi) is 2.67. The molecule has 0 aromatic carbocycles. The van der Waals surface area contributed by atoms with Gasteiger partial charge in [-0.3, -0.25) is 4.98 Å². The van der Waals surface area contributed by atoms with E-state index < -0.39 is 0 Å². The molecular formula is C9H16N4O. The van der Waals surface area contributed by atoms with Crippen LogP contribution in [0, 0.1) is 6.92 Å². The van der Waals surface area contributed by atoms with Crippen molar-refractivity contribution in [3.8, 4) is 0 Å². The highest BCUT2D eigenvalue weighted by atomic mass is 16.1. The van der Waals surface area contributed by atoms with Gasteiger partial charge in [0.05, 0.1) is 6.54 Å². The number of hydrogen-bond acceptors (Lipinski definition) is 3. The Morgan fingerprint density at radius 3 is 3.00 bits per heavy atom. The van der Waals surface area contributed by atoms with Crippen LogP contribution in [0.2, 0.25) is 0 Å². The first-order valence-electron chi connectivity index (χ1n) is 5.13. The van der Waals surface area contributed by atoms with Gasteiger partial charge in [0.2, 0.25) is 0 Å². The third kappa shape index (κ3) is 2.04. The Morgan fingerprint density at radius 2 is 2.43 bits per heavy atom. The second-order valence-corrected chi connectivity index (χ2v) is 3.84. The van der Waals surface area contributed by atoms with Gasteiger partial charge in [0.1, 0.15) is 5.82 Å². The Balaban J connectivity index is 2.02. The summed E-state index contributed by atoms with van der Waals surface area (Å²) in [7, 11) is 0. The number of nitrogens with one attached hydrogen (secondary N) is 2. The SMILES string of the molecule is Cc1nn(CC2CCCCN2)c(=O)[nH]1. The molecule has 1 unspecified atom stereocenters. The lowest BCUT2D eigenvalue weighted by Crippen LogP contribution is -2.39. The topological polar surface area (TPSA) is 62.7 Å². The monoisotopic (exact) mass is 196 g/mol. The molecule has 0 aliphatic carbocycles. The van der Waals surface area contributed by atoms with E-state index in [2.05, 4.69) is 15.4 Å². The van der Waals surface area contributed by atoms with Crippen LogP contribution in [0.4, 0.5) is 0 Å². The molecule has 0 spiro atoms. The normalized spacial score (nSPS) is 22.5. The molecule has 1 aromatic rings. The van der Waals surface area contributed by atoms with E-state index in [0.717, 1.165) is 13.0 Å². The molecule has 14 heavy (non-hydrogen) atoms. The maximum atomic E-state index is 11.3. The zero-order chi connectivity index (χ0) is 9.97. The molecule has 1 aliphatic rings. The van der Waals surface area contributed by atoms with Crippen molar-refractivity contribution in [3.05, 3.63) is 16.3 Å². The minimum Gasteiger partial charge on any atom is -0.312 e. The highest BCUT2D eigenvalue weighted by Crippen LogP contribution is 2.07. The number of rotatable bonds is 2. The van der Waals surface area contributed by atoms with Crippen LogP contribution in [-0.2, 0) is 6.54 Å². The van der Waals surface area contributed by atoms with Crippen LogP contribution in [0.25, 0.3) is 0 Å². The number of piperidine rings is 1. The third-order valence-corrected chi connectivity index (χ3v) is 2.60. The minimum atomic E-state index is -0.102. The number of nitrogens with zero attached hydrogens (tertiary/aromatic N) is 2. The van der Waals surface area contributed by atoms with Crippen molar-refractivity contribution >= 4 is 0 Å². The van der Waals surface area contributed by atoms with Crippen LogP contribution in [-0.4, -0.2) is 27.4 Å². The summed E-state index contributed by atoms with van der Waals surface area (Å²) in [5.74, 6) is 0.686. The summed E-state index contributed by atoms with van der Waals surface area (Å²) in [6.45, 7) is 3.54. The lowest BCUT2D eigenvalue weighted by molar-refractivity contribution is 0.347. The Labute approximate surface area is 82.5 Å². The number of aryl methyl sites for hydroxylation is 1. The van der Waals surface area contributed by atoms with Crippen molar-refractivity contribution in [2.75, 3.05) is 6.54 Å². The zero-order valence-corrected chi connectivity index (χ0v) is 8.42. The first-order chi connectivity index (χ1) is 6.75. The average Bonchev–Trinajstić information content (AvgIpc) is 2.47. The van der Waals surface area contributed by atoms with Crippen LogP contribution in [0.5, 0.6) is 0 Å². The molecule has 2 N–H and O–H groups in total. The maximum absolute atomic E-state index is 11.3. The van der Waals surface area contributed by atoms with Gasteiger partial charge in [-0.05, 0) is 26.3 Å². The van der Waals surface area contributed by atoms with Crippen molar-refractivity contribution in [2.24, 2.45) is 0 Å². The third-order valence-electron chi connectivity index (χ3n) is 2.60. The van der Waals surface area contributed by atoms with Crippen molar-refractivity contribution in [2.45, 2.75) is 38.8 Å². The Hall–Kier alpha value is -1.10. The standard InChI is InChI=1S/C9H16N4O/c1-7-11-9(14)13(12-7)6-8-4-2-3-5-10-8/h8,10H,2-6H2,1H3,(H,11,12,14). The molecule has 0 amide bonds. The largest absolute Gasteiger partial charge is 0.343 e. The van der Waals surface area contributed by atoms with Gasteiger partial charge in [-0.15, -0.1) is 0 Å². The summed E-state index contributed by atoms with van der Waals surface area (Å²) in [5.41, 5.74) is -0.102. The van der Waals surface area contributed by atoms with Gasteiger partial charge in [-0.2, -0.15) is 5.10 Å². The van der Waals surface area contributed by atoms with Gasteiger partial charge in [0.25, 0.3) is 0 Å². The average molecular weight is 196 g/mol. The zero-order valence-electron chi connectivity index (χ0n) is 8.42. The fraction of sp³-hybridized carbons (Fsp3) is 0.778. The number of H-pyrrole nitrogens is 1. The van der Waals surface area contributed by atoms with E-state index in [9.17, 15) is 4.79 Å². The van der Waals surface area contributed by atoms with Gasteiger partial charge >= 0.3 is 5.69 Å². The smallest absolute Gasteiger partial charge is 0.312 e. The molecule has 5 nitrogen and oxygen atoms in total. The first-order valence-corrected chi connectivity index (χ1v) is 5.13. The fourth-order valence-electron chi connectivity index (χ4n) is 1.88. The van der Waals surface area contributed by atoms with Gasteiger partial charge in [0, 0.05) is 6.04 Å². The van der Waals surface area contributed by atoms with E-state index in [1.165, 1.54) is 17.5 Å². The molecule has 1 atom stereocenters. The van der Waals surface area contributed by atoms with Crippen LogP contribution in [0.3, 0.4) is 0 Å². The molecule has 1 aliphatic heterocycles. The van der Waals surface area contributed by atoms with E-state index in [1.54, 1.807) is 6.92 Å². The van der Waals surface area contributed by atoms with Crippen LogP contribution in [0.15, 0.2) is 4.79 Å². The lowest BCUT2D eigenvalue weighted by Gasteiger charge is -2.22. The second kappa shape index (κ2) is 3.96. The molecule has 1 fully saturated rings. The summed E-state index contributed by atoms with van der Waals surface area (Å²) < 4.78 is 1.51. The molecule has 2 heterocycles. The predicted molar refractivity (Wildman–Crippen MR) is 53.2 cm³/mol. The molecule has 0 bridgehead atoms. The van der Waals surface area contributed by atoms with E-state index in [0.29, 0.717) is 18.4 Å². The second-order valence-electron chi connectivity index (χ2n) is 3.84. The fourth-order valence-corrected chi connectivity index (χ4v) is 1.88. The van der Waals surface area contributed by atoms with Crippen LogP contribution >= 0.6 is 0 Å². The summed E-state index contributed by atoms with van der Waals surface area (Å²) in [5, 5.41) is 7.50. The first kappa shape index (κ1) is 9.45. The maximum Gasteiger partial charge on any atom is 0.343 e. The van der Waals surface area contributed by atoms with E-state index in [1.807, 2.05) is 0 Å². The Morgan fingerprint density at radius 1 is 1.57 bits per heavy atom. The lowest BCUT2D eigenvalue weighted by atomic mass is 10.1. The van der Waals surface area contributed by atoms with Crippen LogP contribution in [0.1, 0.15) is 25.1 Å². The summed E-state index contributed by atoms with van der Waals surface area (Å²) >= 11 is 0. The number of hydrogen-bond donors (Lipinski definition) is 2. The van der Waals surface area contributed by atoms with Crippen LogP contribution < -0.4 is 11.0 Å². The summed E-state index contributed by atoms with van der Waals surface area (Å²) in [6.07, 6.45) is 3.62. The molecule has 5 heteroatoms. The molecule has 78 valence electrons. The summed E-state index contributed by atoms with van der Waals surface area (Å²) in [4.78, 5) is 14.0. The van der Waals surface area contributed by atoms with Crippen molar-refractivity contribution in [1.29, 1.82) is 0 Å². The van der Waals surface area contributed by atoms with Crippen molar-refractivity contribution in [1.82, 2.24) is 20.1 Å². The highest BCUT2D eigenvalue weighted by Gasteiger charge is 2.14. The predicted octanol–water partition coefficient (Wildman–Crippen LogP) is 0.0219. The van der Waals surface area contributed by atoms with E-state index in [4.69, 9.17) is 0 Å².